The maximum absolute atomic E-state index is 11.7. The van der Waals surface area contributed by atoms with E-state index in [1.807, 2.05) is 25.1 Å². The second-order valence-corrected chi connectivity index (χ2v) is 7.24. The summed E-state index contributed by atoms with van der Waals surface area (Å²) in [7, 11) is 0. The molecule has 0 saturated heterocycles. The molecular formula is C26H28O5. The number of carbonyl (C=O) groups is 3. The minimum atomic E-state index is -0.461. The van der Waals surface area contributed by atoms with Crippen molar-refractivity contribution in [2.24, 2.45) is 0 Å². The average Bonchev–Trinajstić information content (AvgIpc) is 2.68. The van der Waals surface area contributed by atoms with E-state index in [0.717, 1.165) is 16.7 Å². The molecule has 2 rings (SSSR count). The molecule has 0 unspecified atom stereocenters. The fourth-order valence-corrected chi connectivity index (χ4v) is 2.08. The van der Waals surface area contributed by atoms with Gasteiger partial charge in [-0.25, -0.2) is 9.59 Å². The molecule has 5 nitrogen and oxygen atoms in total. The van der Waals surface area contributed by atoms with Gasteiger partial charge in [-0.2, -0.15) is 0 Å². The van der Waals surface area contributed by atoms with Crippen LogP contribution in [0.2, 0.25) is 0 Å². The molecule has 0 bridgehead atoms. The van der Waals surface area contributed by atoms with E-state index >= 15 is 0 Å². The van der Waals surface area contributed by atoms with Gasteiger partial charge in [0.2, 0.25) is 0 Å². The number of ether oxygens (including phenoxy) is 2. The predicted octanol–water partition coefficient (Wildman–Crippen LogP) is 5.78. The van der Waals surface area contributed by atoms with Crippen molar-refractivity contribution in [3.8, 4) is 22.6 Å². The Morgan fingerprint density at radius 2 is 1.10 bits per heavy atom. The molecule has 0 aliphatic rings. The monoisotopic (exact) mass is 420 g/mol. The lowest BCUT2D eigenvalue weighted by atomic mass is 10.0. The highest BCUT2D eigenvalue weighted by molar-refractivity contribution is 5.91. The summed E-state index contributed by atoms with van der Waals surface area (Å²) in [4.78, 5) is 33.3. The van der Waals surface area contributed by atoms with Gasteiger partial charge in [-0.3, -0.25) is 4.79 Å². The SMILES string of the molecule is C=C(C)C(=O)Oc1ccc(-c2cc(C)cc(OC(=O)C(=C)C)c2)cc1.C=C(C)C(C)=O. The van der Waals surface area contributed by atoms with Crippen LogP contribution >= 0.6 is 0 Å². The average molecular weight is 421 g/mol. The molecule has 31 heavy (non-hydrogen) atoms. The fourth-order valence-electron chi connectivity index (χ4n) is 2.08. The summed E-state index contributed by atoms with van der Waals surface area (Å²) in [6.45, 7) is 18.8. The number of ketones is 1. The Kier molecular flexibility index (Phi) is 9.35. The highest BCUT2D eigenvalue weighted by Crippen LogP contribution is 2.28. The van der Waals surface area contributed by atoms with Crippen molar-refractivity contribution >= 4 is 17.7 Å². The van der Waals surface area contributed by atoms with Crippen LogP contribution in [0.5, 0.6) is 11.5 Å². The molecule has 0 aromatic heterocycles. The second-order valence-electron chi connectivity index (χ2n) is 7.24. The lowest BCUT2D eigenvalue weighted by molar-refractivity contribution is -0.130. The van der Waals surface area contributed by atoms with E-state index in [-0.39, 0.29) is 5.78 Å². The number of allylic oxidation sites excluding steroid dienone is 1. The van der Waals surface area contributed by atoms with Crippen molar-refractivity contribution in [1.82, 2.24) is 0 Å². The van der Waals surface area contributed by atoms with Crippen molar-refractivity contribution in [2.45, 2.75) is 34.6 Å². The molecule has 0 aliphatic carbocycles. The summed E-state index contributed by atoms with van der Waals surface area (Å²) in [6.07, 6.45) is 0. The van der Waals surface area contributed by atoms with Gasteiger partial charge in [0.25, 0.3) is 0 Å². The fraction of sp³-hybridized carbons (Fsp3) is 0.192. The molecule has 162 valence electrons. The summed E-state index contributed by atoms with van der Waals surface area (Å²) in [6, 6.07) is 12.6. The topological polar surface area (TPSA) is 69.7 Å². The van der Waals surface area contributed by atoms with Crippen molar-refractivity contribution in [3.05, 3.63) is 84.5 Å². The van der Waals surface area contributed by atoms with Crippen LogP contribution in [-0.4, -0.2) is 17.7 Å². The minimum Gasteiger partial charge on any atom is -0.423 e. The van der Waals surface area contributed by atoms with E-state index in [9.17, 15) is 14.4 Å². The molecule has 0 amide bonds. The van der Waals surface area contributed by atoms with E-state index in [4.69, 9.17) is 9.47 Å². The van der Waals surface area contributed by atoms with E-state index in [0.29, 0.717) is 28.2 Å². The standard InChI is InChI=1S/C21H20O4.C5H8O/c1-13(2)20(22)24-18-8-6-16(7-9-18)17-10-15(5)11-19(12-17)25-21(23)14(3)4;1-4(2)5(3)6/h6-12H,1,3H2,2,4-5H3;1H2,2-3H3. The second kappa shape index (κ2) is 11.5. The van der Waals surface area contributed by atoms with Crippen LogP contribution in [0, 0.1) is 6.92 Å². The summed E-state index contributed by atoms with van der Waals surface area (Å²) >= 11 is 0. The van der Waals surface area contributed by atoms with Crippen molar-refractivity contribution in [2.75, 3.05) is 0 Å². The smallest absolute Gasteiger partial charge is 0.338 e. The third-order valence-corrected chi connectivity index (χ3v) is 3.96. The van der Waals surface area contributed by atoms with Crippen LogP contribution in [0.1, 0.15) is 33.3 Å². The third-order valence-electron chi connectivity index (χ3n) is 3.96. The van der Waals surface area contributed by atoms with Crippen LogP contribution in [0.15, 0.2) is 78.9 Å². The first-order valence-electron chi connectivity index (χ1n) is 9.54. The Labute approximate surface area is 183 Å². The van der Waals surface area contributed by atoms with Gasteiger partial charge in [0, 0.05) is 11.1 Å². The minimum absolute atomic E-state index is 0.0648. The molecule has 0 N–H and O–H groups in total. The Balaban J connectivity index is 0.000000703. The molecule has 0 atom stereocenters. The summed E-state index contributed by atoms with van der Waals surface area (Å²) < 4.78 is 10.5. The molecule has 0 aliphatic heterocycles. The maximum atomic E-state index is 11.7. The van der Waals surface area contributed by atoms with Gasteiger partial charge in [-0.05, 0) is 81.1 Å². The van der Waals surface area contributed by atoms with Crippen LogP contribution in [0.4, 0.5) is 0 Å². The van der Waals surface area contributed by atoms with Crippen molar-refractivity contribution in [3.63, 3.8) is 0 Å². The van der Waals surface area contributed by atoms with Crippen LogP contribution in [0.3, 0.4) is 0 Å². The molecule has 0 saturated carbocycles. The van der Waals surface area contributed by atoms with Crippen molar-refractivity contribution in [1.29, 1.82) is 0 Å². The summed E-state index contributed by atoms with van der Waals surface area (Å²) in [5.41, 5.74) is 4.06. The van der Waals surface area contributed by atoms with Gasteiger partial charge in [0.15, 0.2) is 5.78 Å². The van der Waals surface area contributed by atoms with E-state index in [1.165, 1.54) is 6.92 Å². The number of hydrogen-bond donors (Lipinski definition) is 0. The number of rotatable bonds is 6. The zero-order valence-electron chi connectivity index (χ0n) is 18.7. The van der Waals surface area contributed by atoms with Crippen LogP contribution in [0.25, 0.3) is 11.1 Å². The molecule has 2 aromatic rings. The summed E-state index contributed by atoms with van der Waals surface area (Å²) in [5.74, 6) is 0.0463. The summed E-state index contributed by atoms with van der Waals surface area (Å²) in [5, 5.41) is 0. The molecule has 5 heteroatoms. The number of carbonyl (C=O) groups excluding carboxylic acids is 3. The lowest BCUT2D eigenvalue weighted by Gasteiger charge is -2.10. The molecule has 2 aromatic carbocycles. The van der Waals surface area contributed by atoms with E-state index in [1.54, 1.807) is 45.0 Å². The highest BCUT2D eigenvalue weighted by atomic mass is 16.5. The van der Waals surface area contributed by atoms with Gasteiger partial charge >= 0.3 is 11.9 Å². The van der Waals surface area contributed by atoms with Gasteiger partial charge in [0.05, 0.1) is 0 Å². The Morgan fingerprint density at radius 1 is 0.645 bits per heavy atom. The molecule has 0 heterocycles. The number of benzene rings is 2. The molecule has 0 spiro atoms. The Morgan fingerprint density at radius 3 is 1.52 bits per heavy atom. The number of hydrogen-bond acceptors (Lipinski definition) is 5. The van der Waals surface area contributed by atoms with Crippen LogP contribution < -0.4 is 9.47 Å². The first-order valence-corrected chi connectivity index (χ1v) is 9.54. The van der Waals surface area contributed by atoms with Crippen molar-refractivity contribution < 1.29 is 23.9 Å². The first kappa shape index (κ1) is 25.3. The lowest BCUT2D eigenvalue weighted by Crippen LogP contribution is -2.08. The third kappa shape index (κ3) is 8.66. The zero-order chi connectivity index (χ0) is 23.7. The van der Waals surface area contributed by atoms with Gasteiger partial charge < -0.3 is 9.47 Å². The van der Waals surface area contributed by atoms with Gasteiger partial charge in [0.1, 0.15) is 11.5 Å². The van der Waals surface area contributed by atoms with E-state index < -0.39 is 11.9 Å². The Hall–Kier alpha value is -3.73. The Bertz CT molecular complexity index is 1010. The molecule has 0 radical (unpaired) electrons. The van der Waals surface area contributed by atoms with Crippen LogP contribution in [-0.2, 0) is 14.4 Å². The molecular weight excluding hydrogens is 392 g/mol. The van der Waals surface area contributed by atoms with E-state index in [2.05, 4.69) is 19.7 Å². The normalized spacial score (nSPS) is 9.58. The van der Waals surface area contributed by atoms with Gasteiger partial charge in [-0.15, -0.1) is 0 Å². The number of Topliss-reactive ketones (excluding diaryl/α,β-unsaturated/α-hetero) is 1. The quantitative estimate of drug-likeness (QED) is 0.337. The van der Waals surface area contributed by atoms with Gasteiger partial charge in [-0.1, -0.05) is 37.9 Å². The molecule has 0 fully saturated rings. The number of esters is 2. The largest absolute Gasteiger partial charge is 0.423 e. The highest BCUT2D eigenvalue weighted by Gasteiger charge is 2.09. The first-order chi connectivity index (χ1) is 14.4. The zero-order valence-corrected chi connectivity index (χ0v) is 18.7. The maximum Gasteiger partial charge on any atom is 0.338 e. The predicted molar refractivity (Wildman–Crippen MR) is 123 cm³/mol. The number of aryl methyl sites for hydroxylation is 1.